The molecule has 16 heteroatoms. The van der Waals surface area contributed by atoms with Crippen molar-refractivity contribution in [2.45, 2.75) is 86.4 Å². The topological polar surface area (TPSA) is 94.9 Å². The number of sulfonamides is 1. The summed E-state index contributed by atoms with van der Waals surface area (Å²) in [4.78, 5) is 12.2. The van der Waals surface area contributed by atoms with Gasteiger partial charge in [-0.25, -0.2) is 21.6 Å². The summed E-state index contributed by atoms with van der Waals surface area (Å²) in [5.41, 5.74) is -10.1. The van der Waals surface area contributed by atoms with Crippen molar-refractivity contribution in [1.29, 1.82) is 0 Å². The van der Waals surface area contributed by atoms with Crippen LogP contribution in [0.4, 0.5) is 45.2 Å². The van der Waals surface area contributed by atoms with E-state index in [2.05, 4.69) is 0 Å². The van der Waals surface area contributed by atoms with Gasteiger partial charge in [0.15, 0.2) is 0 Å². The smallest absolute Gasteiger partial charge is 0.384 e. The summed E-state index contributed by atoms with van der Waals surface area (Å²) in [5.74, 6) is -5.37. The average Bonchev–Trinajstić information content (AvgIpc) is 2.84. The molecule has 42 heavy (non-hydrogen) atoms. The van der Waals surface area contributed by atoms with Crippen LogP contribution in [0.5, 0.6) is 0 Å². The molecule has 6 nitrogen and oxygen atoms in total. The van der Waals surface area contributed by atoms with Crippen molar-refractivity contribution in [1.82, 2.24) is 0 Å². The number of Topliss-reactive ketones (excluding diaryl/α,β-unsaturated/α-hetero) is 1. The first-order valence-electron chi connectivity index (χ1n) is 12.3. The van der Waals surface area contributed by atoms with Gasteiger partial charge in [0.25, 0.3) is 21.5 Å². The van der Waals surface area contributed by atoms with Gasteiger partial charge in [0.05, 0.1) is 16.6 Å². The molecule has 1 atom stereocenters. The van der Waals surface area contributed by atoms with Crippen molar-refractivity contribution in [3.63, 3.8) is 0 Å². The molecule has 0 spiro atoms. The molecule has 0 saturated heterocycles. The van der Waals surface area contributed by atoms with Crippen molar-refractivity contribution < 1.29 is 62.9 Å². The molecule has 1 heterocycles. The number of nitrogens with zero attached hydrogens (tertiary/aromatic N) is 1. The zero-order valence-electron chi connectivity index (χ0n) is 22.0. The lowest BCUT2D eigenvalue weighted by Crippen LogP contribution is -2.54. The third kappa shape index (κ3) is 6.25. The van der Waals surface area contributed by atoms with E-state index in [9.17, 15) is 62.9 Å². The summed E-state index contributed by atoms with van der Waals surface area (Å²) in [6.45, 7) is 1.67. The monoisotopic (exact) mass is 635 g/mol. The van der Waals surface area contributed by atoms with Gasteiger partial charge in [0.1, 0.15) is 17.2 Å². The van der Waals surface area contributed by atoms with Crippen LogP contribution in [0.15, 0.2) is 47.4 Å². The maximum absolute atomic E-state index is 14.2. The van der Waals surface area contributed by atoms with Gasteiger partial charge in [0.2, 0.25) is 0 Å². The molecule has 3 rings (SSSR count). The van der Waals surface area contributed by atoms with Crippen LogP contribution in [0.1, 0.15) is 50.7 Å². The van der Waals surface area contributed by atoms with Gasteiger partial charge in [-0.2, -0.15) is 26.3 Å². The molecule has 0 aliphatic carbocycles. The molecule has 0 amide bonds. The number of aryl methyl sites for hydroxylation is 1. The number of anilines is 1. The first-order chi connectivity index (χ1) is 18.9. The van der Waals surface area contributed by atoms with E-state index in [1.54, 1.807) is 0 Å². The van der Waals surface area contributed by atoms with Crippen LogP contribution >= 0.6 is 0 Å². The second-order valence-corrected chi connectivity index (χ2v) is 12.3. The third-order valence-corrected chi connectivity index (χ3v) is 8.96. The quantitative estimate of drug-likeness (QED) is 0.340. The molecular formula is C26H26F9NO5S. The van der Waals surface area contributed by atoms with Crippen LogP contribution in [0.2, 0.25) is 0 Å². The summed E-state index contributed by atoms with van der Waals surface area (Å²) >= 11 is 0. The Labute approximate surface area is 234 Å². The lowest BCUT2D eigenvalue weighted by molar-refractivity contribution is -0.376. The van der Waals surface area contributed by atoms with Gasteiger partial charge in [-0.05, 0) is 62.6 Å². The highest BCUT2D eigenvalue weighted by Gasteiger charge is 2.71. The highest BCUT2D eigenvalue weighted by Crippen LogP contribution is 2.51. The van der Waals surface area contributed by atoms with Crippen molar-refractivity contribution in [3.8, 4) is 0 Å². The highest BCUT2D eigenvalue weighted by molar-refractivity contribution is 7.92. The molecule has 0 saturated carbocycles. The number of fused-ring (bicyclic) bond motifs is 1. The lowest BCUT2D eigenvalue weighted by Gasteiger charge is -2.39. The Morgan fingerprint density at radius 1 is 0.929 bits per heavy atom. The molecule has 2 N–H and O–H groups in total. The summed E-state index contributed by atoms with van der Waals surface area (Å²) in [6.07, 6.45) is -15.6. The van der Waals surface area contributed by atoms with Crippen molar-refractivity contribution in [3.05, 3.63) is 59.4 Å². The number of alkyl halides is 8. The molecular weight excluding hydrogens is 609 g/mol. The number of benzene rings is 2. The molecule has 1 aliphatic rings. The summed E-state index contributed by atoms with van der Waals surface area (Å²) in [6, 6.07) is 3.19. The molecule has 0 fully saturated rings. The van der Waals surface area contributed by atoms with Crippen molar-refractivity contribution in [2.24, 2.45) is 0 Å². The fourth-order valence-electron chi connectivity index (χ4n) is 4.55. The van der Waals surface area contributed by atoms with Gasteiger partial charge < -0.3 is 10.2 Å². The van der Waals surface area contributed by atoms with Gasteiger partial charge >= 0.3 is 12.4 Å². The van der Waals surface area contributed by atoms with E-state index in [4.69, 9.17) is 0 Å². The van der Waals surface area contributed by atoms with Gasteiger partial charge in [-0.3, -0.25) is 9.10 Å². The first kappa shape index (κ1) is 33.6. The van der Waals surface area contributed by atoms with Crippen molar-refractivity contribution >= 4 is 21.5 Å². The van der Waals surface area contributed by atoms with E-state index >= 15 is 0 Å². The first-order valence-corrected chi connectivity index (χ1v) is 13.8. The number of hydrogen-bond acceptors (Lipinski definition) is 5. The predicted molar refractivity (Wildman–Crippen MR) is 131 cm³/mol. The minimum Gasteiger partial charge on any atom is -0.384 e. The highest BCUT2D eigenvalue weighted by atomic mass is 32.2. The number of aliphatic hydroxyl groups is 2. The fraction of sp³-hybridized carbons (Fsp3) is 0.500. The Hall–Kier alpha value is -2.85. The van der Waals surface area contributed by atoms with Crippen LogP contribution < -0.4 is 4.31 Å². The standard InChI is InChI=1S/C26H26F9NO5S/c1-22(2,38)23(28,29)12-11-19(37)14-18-7-3-15-13-16(24(39,25(30,31)32)26(33,34)35)4-10-21(15)36(18)42(40,41)20-8-5-17(27)6-9-20/h4-6,8-10,13,18,38-39H,3,7,11-12,14H2,1-2H3/t18-/m0/s1. The maximum Gasteiger partial charge on any atom is 0.430 e. The van der Waals surface area contributed by atoms with E-state index in [-0.39, 0.29) is 24.5 Å². The molecule has 0 aromatic heterocycles. The summed E-state index contributed by atoms with van der Waals surface area (Å²) < 4.78 is 150. The Balaban J connectivity index is 2.08. The van der Waals surface area contributed by atoms with E-state index in [1.165, 1.54) is 0 Å². The fourth-order valence-corrected chi connectivity index (χ4v) is 6.26. The SMILES string of the molecule is CC(C)(O)C(F)(F)CCC(=O)C[C@@H]1CCc2cc(C(O)(C(F)(F)F)C(F)(F)F)ccc2N1S(=O)(=O)c1ccc(F)cc1. The zero-order valence-corrected chi connectivity index (χ0v) is 22.8. The normalized spacial score (nSPS) is 17.3. The Morgan fingerprint density at radius 3 is 1.98 bits per heavy atom. The van der Waals surface area contributed by atoms with E-state index < -0.39 is 92.6 Å². The second-order valence-electron chi connectivity index (χ2n) is 10.5. The van der Waals surface area contributed by atoms with E-state index in [1.807, 2.05) is 0 Å². The molecule has 1 aliphatic heterocycles. The van der Waals surface area contributed by atoms with Gasteiger partial charge in [0, 0.05) is 24.8 Å². The van der Waals surface area contributed by atoms with Crippen LogP contribution in [-0.2, 0) is 26.8 Å². The lowest BCUT2D eigenvalue weighted by atomic mass is 9.87. The molecule has 0 unspecified atom stereocenters. The summed E-state index contributed by atoms with van der Waals surface area (Å²) in [7, 11) is -4.74. The van der Waals surface area contributed by atoms with Crippen LogP contribution in [0, 0.1) is 5.82 Å². The number of halogens is 9. The Morgan fingerprint density at radius 2 is 1.48 bits per heavy atom. The molecule has 2 aromatic carbocycles. The largest absolute Gasteiger partial charge is 0.430 e. The number of hydrogen-bond donors (Lipinski definition) is 2. The number of ketones is 1. The molecule has 2 aromatic rings. The van der Waals surface area contributed by atoms with Gasteiger partial charge in [-0.15, -0.1) is 0 Å². The minimum absolute atomic E-state index is 0.251. The van der Waals surface area contributed by atoms with E-state index in [0.717, 1.165) is 38.1 Å². The van der Waals surface area contributed by atoms with Crippen LogP contribution in [-0.4, -0.2) is 54.3 Å². The maximum atomic E-state index is 14.2. The molecule has 0 bridgehead atoms. The van der Waals surface area contributed by atoms with Gasteiger partial charge in [-0.1, -0.05) is 12.1 Å². The third-order valence-electron chi connectivity index (χ3n) is 7.08. The number of carbonyl (C=O) groups excluding carboxylic acids is 1. The minimum atomic E-state index is -6.20. The van der Waals surface area contributed by atoms with Crippen molar-refractivity contribution in [2.75, 3.05) is 4.31 Å². The van der Waals surface area contributed by atoms with E-state index in [0.29, 0.717) is 16.4 Å². The second kappa shape index (κ2) is 11.0. The number of carbonyl (C=O) groups is 1. The molecule has 234 valence electrons. The van der Waals surface area contributed by atoms with Crippen LogP contribution in [0.3, 0.4) is 0 Å². The van der Waals surface area contributed by atoms with Crippen LogP contribution in [0.25, 0.3) is 0 Å². The Bertz CT molecular complexity index is 1400. The predicted octanol–water partition coefficient (Wildman–Crippen LogP) is 5.79. The number of rotatable bonds is 9. The Kier molecular flexibility index (Phi) is 8.82. The average molecular weight is 636 g/mol. The summed E-state index contributed by atoms with van der Waals surface area (Å²) in [5, 5.41) is 19.4. The molecule has 0 radical (unpaired) electrons. The zero-order chi connectivity index (χ0) is 32.1.